The predicted molar refractivity (Wildman–Crippen MR) is 57.1 cm³/mol. The van der Waals surface area contributed by atoms with Crippen molar-refractivity contribution in [1.29, 1.82) is 0 Å². The molecule has 2 nitrogen and oxygen atoms in total. The van der Waals surface area contributed by atoms with E-state index in [4.69, 9.17) is 7.05 Å². The average Bonchev–Trinajstić information content (AvgIpc) is 2.30. The molecule has 0 N–H and O–H groups in total. The van der Waals surface area contributed by atoms with E-state index in [9.17, 15) is 0 Å². The van der Waals surface area contributed by atoms with E-state index in [2.05, 4.69) is 4.98 Å². The third-order valence-electron chi connectivity index (χ3n) is 1.93. The fourth-order valence-electron chi connectivity index (χ4n) is 1.22. The van der Waals surface area contributed by atoms with Gasteiger partial charge in [0, 0.05) is 11.9 Å². The van der Waals surface area contributed by atoms with E-state index in [1.165, 1.54) is 0 Å². The van der Waals surface area contributed by atoms with Crippen molar-refractivity contribution in [2.75, 3.05) is 4.90 Å². The van der Waals surface area contributed by atoms with Crippen LogP contribution in [0, 0.1) is 7.05 Å². The van der Waals surface area contributed by atoms with Gasteiger partial charge in [0.25, 0.3) is 0 Å². The Hall–Kier alpha value is -1.83. The van der Waals surface area contributed by atoms with E-state index in [0.29, 0.717) is 0 Å². The van der Waals surface area contributed by atoms with Gasteiger partial charge in [0.15, 0.2) is 0 Å². The van der Waals surface area contributed by atoms with Crippen LogP contribution in [0.25, 0.3) is 0 Å². The van der Waals surface area contributed by atoms with E-state index in [-0.39, 0.29) is 0 Å². The Morgan fingerprint density at radius 2 is 1.64 bits per heavy atom. The van der Waals surface area contributed by atoms with E-state index in [1.54, 1.807) is 11.1 Å². The highest BCUT2D eigenvalue weighted by atomic mass is 15.2. The van der Waals surface area contributed by atoms with Crippen molar-refractivity contribution in [2.24, 2.45) is 0 Å². The summed E-state index contributed by atoms with van der Waals surface area (Å²) >= 11 is 0. The first kappa shape index (κ1) is 8.75. The monoisotopic (exact) mass is 182 g/mol. The third-order valence-corrected chi connectivity index (χ3v) is 1.93. The van der Waals surface area contributed by atoms with E-state index in [1.807, 2.05) is 48.5 Å². The number of aromatic nitrogens is 1. The second-order valence-electron chi connectivity index (χ2n) is 2.89. The second-order valence-corrected chi connectivity index (χ2v) is 2.89. The van der Waals surface area contributed by atoms with Crippen LogP contribution in [0.2, 0.25) is 0 Å². The van der Waals surface area contributed by atoms with Gasteiger partial charge in [0.1, 0.15) is 5.82 Å². The van der Waals surface area contributed by atoms with Gasteiger partial charge in [-0.05, 0) is 24.3 Å². The maximum Gasteiger partial charge on any atom is 0.133 e. The number of nitrogens with zero attached hydrogens (tertiary/aromatic N) is 2. The van der Waals surface area contributed by atoms with Crippen LogP contribution in [0.15, 0.2) is 54.7 Å². The summed E-state index contributed by atoms with van der Waals surface area (Å²) in [5.74, 6) is 0.735. The molecule has 2 radical (unpaired) electrons. The lowest BCUT2D eigenvalue weighted by molar-refractivity contribution is 1.18. The summed E-state index contributed by atoms with van der Waals surface area (Å²) in [4.78, 5) is 5.71. The summed E-state index contributed by atoms with van der Waals surface area (Å²) in [6.07, 6.45) is 1.72. The molecule has 0 aliphatic heterocycles. The SMILES string of the molecule is [CH]N(c1ccccc1)c1ccccn1. The van der Waals surface area contributed by atoms with Gasteiger partial charge in [-0.15, -0.1) is 0 Å². The lowest BCUT2D eigenvalue weighted by atomic mass is 10.3. The van der Waals surface area contributed by atoms with E-state index < -0.39 is 0 Å². The zero-order valence-corrected chi connectivity index (χ0v) is 7.67. The Bertz CT molecular complexity index is 344. The van der Waals surface area contributed by atoms with E-state index >= 15 is 0 Å². The predicted octanol–water partition coefficient (Wildman–Crippen LogP) is 2.89. The van der Waals surface area contributed by atoms with Crippen molar-refractivity contribution >= 4 is 11.5 Å². The van der Waals surface area contributed by atoms with Crippen molar-refractivity contribution in [3.63, 3.8) is 0 Å². The highest BCUT2D eigenvalue weighted by molar-refractivity contribution is 5.59. The minimum Gasteiger partial charge on any atom is -0.319 e. The molecule has 0 aliphatic rings. The molecule has 0 fully saturated rings. The molecule has 2 rings (SSSR count). The summed E-state index contributed by atoms with van der Waals surface area (Å²) < 4.78 is 0. The number of benzene rings is 1. The van der Waals surface area contributed by atoms with Gasteiger partial charge in [-0.2, -0.15) is 0 Å². The molecule has 2 aromatic rings. The van der Waals surface area contributed by atoms with Gasteiger partial charge in [0.05, 0.1) is 7.05 Å². The average molecular weight is 182 g/mol. The Kier molecular flexibility index (Phi) is 2.45. The number of pyridine rings is 1. The van der Waals surface area contributed by atoms with E-state index in [0.717, 1.165) is 11.5 Å². The second kappa shape index (κ2) is 3.92. The first-order valence-corrected chi connectivity index (χ1v) is 4.39. The lowest BCUT2D eigenvalue weighted by Crippen LogP contribution is -2.07. The number of rotatable bonds is 2. The van der Waals surface area contributed by atoms with Crippen molar-refractivity contribution in [3.05, 3.63) is 61.8 Å². The number of anilines is 2. The molecule has 0 atom stereocenters. The number of para-hydroxylation sites is 1. The topological polar surface area (TPSA) is 16.1 Å². The Morgan fingerprint density at radius 3 is 2.29 bits per heavy atom. The summed E-state index contributed by atoms with van der Waals surface area (Å²) in [5.41, 5.74) is 0.922. The minimum atomic E-state index is 0.735. The normalized spacial score (nSPS) is 9.79. The summed E-state index contributed by atoms with van der Waals surface area (Å²) in [6.45, 7) is 0. The zero-order chi connectivity index (χ0) is 9.80. The molecule has 0 amide bonds. The molecule has 1 heterocycles. The van der Waals surface area contributed by atoms with Crippen LogP contribution in [-0.2, 0) is 0 Å². The Balaban J connectivity index is 2.30. The molecule has 68 valence electrons. The molecule has 0 bridgehead atoms. The first-order valence-electron chi connectivity index (χ1n) is 4.39. The van der Waals surface area contributed by atoms with Crippen molar-refractivity contribution in [2.45, 2.75) is 0 Å². The summed E-state index contributed by atoms with van der Waals surface area (Å²) in [7, 11) is 5.89. The van der Waals surface area contributed by atoms with Gasteiger partial charge >= 0.3 is 0 Å². The highest BCUT2D eigenvalue weighted by Gasteiger charge is 2.02. The standard InChI is InChI=1S/C12H10N2/c1-14(11-7-3-2-4-8-11)12-9-5-6-10-13-12/h1-10H. The van der Waals surface area contributed by atoms with Crippen LogP contribution in [0.4, 0.5) is 11.5 Å². The zero-order valence-electron chi connectivity index (χ0n) is 7.67. The molecular formula is C12H10N2. The van der Waals surface area contributed by atoms with Crippen molar-refractivity contribution < 1.29 is 0 Å². The molecule has 1 aromatic heterocycles. The van der Waals surface area contributed by atoms with Crippen LogP contribution in [0.5, 0.6) is 0 Å². The molecule has 0 saturated heterocycles. The lowest BCUT2D eigenvalue weighted by Gasteiger charge is -2.16. The van der Waals surface area contributed by atoms with Gasteiger partial charge in [-0.3, -0.25) is 0 Å². The molecule has 14 heavy (non-hydrogen) atoms. The fraction of sp³-hybridized carbons (Fsp3) is 0. The number of hydrogen-bond acceptors (Lipinski definition) is 2. The van der Waals surface area contributed by atoms with Crippen molar-refractivity contribution in [3.8, 4) is 0 Å². The molecule has 0 spiro atoms. The Morgan fingerprint density at radius 1 is 0.929 bits per heavy atom. The van der Waals surface area contributed by atoms with Gasteiger partial charge in [0.2, 0.25) is 0 Å². The van der Waals surface area contributed by atoms with Crippen LogP contribution in [0.1, 0.15) is 0 Å². The maximum atomic E-state index is 5.89. The smallest absolute Gasteiger partial charge is 0.133 e. The summed E-state index contributed by atoms with van der Waals surface area (Å²) in [5, 5.41) is 0. The third kappa shape index (κ3) is 1.74. The molecule has 0 aliphatic carbocycles. The van der Waals surface area contributed by atoms with Crippen LogP contribution >= 0.6 is 0 Å². The fourth-order valence-corrected chi connectivity index (χ4v) is 1.22. The maximum absolute atomic E-state index is 5.89. The quantitative estimate of drug-likeness (QED) is 0.664. The largest absolute Gasteiger partial charge is 0.319 e. The van der Waals surface area contributed by atoms with Gasteiger partial charge in [-0.1, -0.05) is 24.3 Å². The molecule has 2 heteroatoms. The molecule has 0 unspecified atom stereocenters. The number of hydrogen-bond donors (Lipinski definition) is 0. The van der Waals surface area contributed by atoms with Crippen molar-refractivity contribution in [1.82, 2.24) is 4.98 Å². The van der Waals surface area contributed by atoms with Crippen LogP contribution in [-0.4, -0.2) is 4.98 Å². The molecular weight excluding hydrogens is 172 g/mol. The first-order chi connectivity index (χ1) is 6.88. The van der Waals surface area contributed by atoms with Crippen LogP contribution < -0.4 is 4.90 Å². The highest BCUT2D eigenvalue weighted by Crippen LogP contribution is 2.20. The summed E-state index contributed by atoms with van der Waals surface area (Å²) in [6, 6.07) is 15.4. The van der Waals surface area contributed by atoms with Gasteiger partial charge < -0.3 is 4.90 Å². The molecule has 0 saturated carbocycles. The van der Waals surface area contributed by atoms with Crippen LogP contribution in [0.3, 0.4) is 0 Å². The van der Waals surface area contributed by atoms with Gasteiger partial charge in [-0.25, -0.2) is 4.98 Å². The Labute approximate surface area is 83.8 Å². The molecule has 1 aromatic carbocycles. The minimum absolute atomic E-state index is 0.735.